The molecule has 6 nitrogen and oxygen atoms in total. The number of aromatic nitrogens is 2. The van der Waals surface area contributed by atoms with E-state index in [4.69, 9.17) is 0 Å². The number of amides is 2. The van der Waals surface area contributed by atoms with E-state index in [0.29, 0.717) is 6.42 Å². The molecule has 1 atom stereocenters. The van der Waals surface area contributed by atoms with Crippen LogP contribution in [0.4, 0.5) is 5.69 Å². The molecule has 1 aromatic carbocycles. The lowest BCUT2D eigenvalue weighted by atomic mass is 10.0. The minimum absolute atomic E-state index is 0.00793. The lowest BCUT2D eigenvalue weighted by molar-refractivity contribution is -0.121. The topological polar surface area (TPSA) is 76.0 Å². The molecule has 0 bridgehead atoms. The molecule has 23 heavy (non-hydrogen) atoms. The summed E-state index contributed by atoms with van der Waals surface area (Å²) in [5.41, 5.74) is 1.64. The number of anilines is 1. The average molecular weight is 314 g/mol. The molecule has 1 unspecified atom stereocenters. The Morgan fingerprint density at radius 1 is 1.26 bits per heavy atom. The summed E-state index contributed by atoms with van der Waals surface area (Å²) in [6, 6.07) is 7.09. The van der Waals surface area contributed by atoms with Gasteiger partial charge in [0.15, 0.2) is 0 Å². The van der Waals surface area contributed by atoms with E-state index in [1.807, 2.05) is 49.0 Å². The number of benzene rings is 1. The lowest BCUT2D eigenvalue weighted by Gasteiger charge is -2.19. The molecule has 0 aliphatic heterocycles. The first-order valence-corrected chi connectivity index (χ1v) is 7.65. The van der Waals surface area contributed by atoms with E-state index in [1.54, 1.807) is 6.20 Å². The van der Waals surface area contributed by atoms with Crippen molar-refractivity contribution in [3.8, 4) is 0 Å². The van der Waals surface area contributed by atoms with Crippen LogP contribution < -0.4 is 10.6 Å². The molecule has 0 aliphatic rings. The van der Waals surface area contributed by atoms with Crippen LogP contribution in [0.15, 0.2) is 36.7 Å². The number of carbonyl (C=O) groups excluding carboxylic acids is 2. The predicted molar refractivity (Wildman–Crippen MR) is 88.8 cm³/mol. The highest BCUT2D eigenvalue weighted by Crippen LogP contribution is 2.22. The van der Waals surface area contributed by atoms with Gasteiger partial charge in [0.25, 0.3) is 0 Å². The molecule has 2 amide bonds. The fraction of sp³-hybridized carbons (Fsp3) is 0.353. The molecule has 0 radical (unpaired) electrons. The summed E-state index contributed by atoms with van der Waals surface area (Å²) in [6.45, 7) is 3.44. The van der Waals surface area contributed by atoms with Crippen LogP contribution >= 0.6 is 0 Å². The van der Waals surface area contributed by atoms with Crippen molar-refractivity contribution in [2.75, 3.05) is 5.32 Å². The Kier molecular flexibility index (Phi) is 5.51. The van der Waals surface area contributed by atoms with Gasteiger partial charge >= 0.3 is 0 Å². The highest BCUT2D eigenvalue weighted by molar-refractivity contribution is 5.88. The maximum Gasteiger partial charge on any atom is 0.221 e. The molecule has 0 spiro atoms. The Hall–Kier alpha value is -2.63. The smallest absolute Gasteiger partial charge is 0.221 e. The van der Waals surface area contributed by atoms with Crippen LogP contribution in [0.3, 0.4) is 0 Å². The molecule has 1 aromatic heterocycles. The maximum atomic E-state index is 12.0. The maximum absolute atomic E-state index is 12.0. The van der Waals surface area contributed by atoms with Gasteiger partial charge in [-0.2, -0.15) is 0 Å². The Bertz CT molecular complexity index is 676. The van der Waals surface area contributed by atoms with Crippen molar-refractivity contribution in [1.82, 2.24) is 14.9 Å². The van der Waals surface area contributed by atoms with Crippen LogP contribution in [0.5, 0.6) is 0 Å². The normalized spacial score (nSPS) is 11.8. The van der Waals surface area contributed by atoms with E-state index in [1.165, 1.54) is 6.92 Å². The van der Waals surface area contributed by atoms with Crippen LogP contribution in [0.2, 0.25) is 0 Å². The summed E-state index contributed by atoms with van der Waals surface area (Å²) in [7, 11) is 1.90. The number of nitrogens with zero attached hydrogens (tertiary/aromatic N) is 2. The van der Waals surface area contributed by atoms with Crippen molar-refractivity contribution < 1.29 is 9.59 Å². The minimum atomic E-state index is -0.319. The first-order chi connectivity index (χ1) is 11.0. The van der Waals surface area contributed by atoms with Gasteiger partial charge < -0.3 is 15.2 Å². The summed E-state index contributed by atoms with van der Waals surface area (Å²) >= 11 is 0. The van der Waals surface area contributed by atoms with E-state index in [9.17, 15) is 9.59 Å². The van der Waals surface area contributed by atoms with E-state index in [2.05, 4.69) is 15.6 Å². The van der Waals surface area contributed by atoms with Crippen molar-refractivity contribution in [3.05, 3.63) is 48.0 Å². The highest BCUT2D eigenvalue weighted by Gasteiger charge is 2.20. The minimum Gasteiger partial charge on any atom is -0.342 e. The number of imidazole rings is 1. The number of carbonyl (C=O) groups is 2. The molecule has 2 aromatic rings. The van der Waals surface area contributed by atoms with Gasteiger partial charge in [0.2, 0.25) is 11.8 Å². The number of hydrogen-bond acceptors (Lipinski definition) is 3. The third-order valence-corrected chi connectivity index (χ3v) is 3.46. The Labute approximate surface area is 135 Å². The fourth-order valence-electron chi connectivity index (χ4n) is 2.37. The SMILES string of the molecule is CCCC(=O)NC(c1ccc(NC(C)=O)cc1)c1nccn1C. The molecule has 0 saturated carbocycles. The van der Waals surface area contributed by atoms with Crippen LogP contribution in [-0.2, 0) is 16.6 Å². The molecular weight excluding hydrogens is 292 g/mol. The second-order valence-electron chi connectivity index (χ2n) is 5.45. The number of aryl methyl sites for hydroxylation is 1. The molecule has 122 valence electrons. The fourth-order valence-corrected chi connectivity index (χ4v) is 2.37. The molecule has 0 fully saturated rings. The van der Waals surface area contributed by atoms with Crippen LogP contribution in [0.25, 0.3) is 0 Å². The molecule has 0 aliphatic carbocycles. The van der Waals surface area contributed by atoms with Crippen molar-refractivity contribution in [2.24, 2.45) is 7.05 Å². The summed E-state index contributed by atoms with van der Waals surface area (Å²) in [4.78, 5) is 27.5. The molecule has 1 heterocycles. The van der Waals surface area contributed by atoms with Gasteiger partial charge in [0.1, 0.15) is 11.9 Å². The van der Waals surface area contributed by atoms with E-state index < -0.39 is 0 Å². The number of rotatable bonds is 6. The van der Waals surface area contributed by atoms with Gasteiger partial charge in [-0.3, -0.25) is 9.59 Å². The molecule has 6 heteroatoms. The standard InChI is InChI=1S/C17H22N4O2/c1-4-5-15(23)20-16(17-18-10-11-21(17)3)13-6-8-14(9-7-13)19-12(2)22/h6-11,16H,4-5H2,1-3H3,(H,19,22)(H,20,23). The van der Waals surface area contributed by atoms with Crippen molar-refractivity contribution in [3.63, 3.8) is 0 Å². The van der Waals surface area contributed by atoms with Crippen LogP contribution in [0, 0.1) is 0 Å². The third kappa shape index (κ3) is 4.42. The molecular formula is C17H22N4O2. The van der Waals surface area contributed by atoms with E-state index in [-0.39, 0.29) is 17.9 Å². The largest absolute Gasteiger partial charge is 0.342 e. The van der Waals surface area contributed by atoms with Gasteiger partial charge in [-0.25, -0.2) is 4.98 Å². The van der Waals surface area contributed by atoms with E-state index in [0.717, 1.165) is 23.5 Å². The quantitative estimate of drug-likeness (QED) is 0.859. The van der Waals surface area contributed by atoms with Gasteiger partial charge in [-0.1, -0.05) is 19.1 Å². The Balaban J connectivity index is 2.28. The summed E-state index contributed by atoms with van der Waals surface area (Å²) in [5.74, 6) is 0.641. The Morgan fingerprint density at radius 3 is 2.48 bits per heavy atom. The van der Waals surface area contributed by atoms with Crippen molar-refractivity contribution in [2.45, 2.75) is 32.7 Å². The van der Waals surface area contributed by atoms with E-state index >= 15 is 0 Å². The Morgan fingerprint density at radius 2 is 1.96 bits per heavy atom. The molecule has 2 rings (SSSR count). The van der Waals surface area contributed by atoms with Crippen molar-refractivity contribution >= 4 is 17.5 Å². The molecule has 2 N–H and O–H groups in total. The third-order valence-electron chi connectivity index (χ3n) is 3.46. The van der Waals surface area contributed by atoms with Crippen molar-refractivity contribution in [1.29, 1.82) is 0 Å². The molecule has 0 saturated heterocycles. The summed E-state index contributed by atoms with van der Waals surface area (Å²) in [6.07, 6.45) is 4.82. The number of hydrogen-bond donors (Lipinski definition) is 2. The zero-order valence-electron chi connectivity index (χ0n) is 13.7. The average Bonchev–Trinajstić information content (AvgIpc) is 2.91. The van der Waals surface area contributed by atoms with Gasteiger partial charge in [0, 0.05) is 38.5 Å². The number of nitrogens with one attached hydrogen (secondary N) is 2. The first-order valence-electron chi connectivity index (χ1n) is 7.65. The van der Waals surface area contributed by atoms with Gasteiger partial charge in [-0.05, 0) is 24.1 Å². The second kappa shape index (κ2) is 7.58. The predicted octanol–water partition coefficient (Wildman–Crippen LogP) is 2.38. The summed E-state index contributed by atoms with van der Waals surface area (Å²) in [5, 5.41) is 5.76. The highest BCUT2D eigenvalue weighted by atomic mass is 16.2. The summed E-state index contributed by atoms with van der Waals surface area (Å²) < 4.78 is 1.89. The lowest BCUT2D eigenvalue weighted by Crippen LogP contribution is -2.30. The zero-order chi connectivity index (χ0) is 16.8. The monoisotopic (exact) mass is 314 g/mol. The first kappa shape index (κ1) is 16.7. The van der Waals surface area contributed by atoms with Crippen LogP contribution in [0.1, 0.15) is 44.1 Å². The van der Waals surface area contributed by atoms with Crippen LogP contribution in [-0.4, -0.2) is 21.4 Å². The zero-order valence-corrected chi connectivity index (χ0v) is 13.7. The van der Waals surface area contributed by atoms with Gasteiger partial charge in [-0.15, -0.1) is 0 Å². The second-order valence-corrected chi connectivity index (χ2v) is 5.45. The van der Waals surface area contributed by atoms with Gasteiger partial charge in [0.05, 0.1) is 0 Å².